The first kappa shape index (κ1) is 16.8. The molecule has 1 aliphatic heterocycles. The van der Waals surface area contributed by atoms with Crippen molar-refractivity contribution in [3.63, 3.8) is 0 Å². The van der Waals surface area contributed by atoms with Gasteiger partial charge in [-0.2, -0.15) is 0 Å². The minimum Gasteiger partial charge on any atom is -0.326 e. The third kappa shape index (κ3) is 3.36. The third-order valence-electron chi connectivity index (χ3n) is 5.12. The van der Waals surface area contributed by atoms with Crippen LogP contribution in [-0.2, 0) is 6.54 Å². The summed E-state index contributed by atoms with van der Waals surface area (Å²) in [7, 11) is 0. The van der Waals surface area contributed by atoms with Crippen molar-refractivity contribution >= 4 is 33.2 Å². The second-order valence-electron chi connectivity index (χ2n) is 6.83. The van der Waals surface area contributed by atoms with E-state index >= 15 is 0 Å². The summed E-state index contributed by atoms with van der Waals surface area (Å²) in [4.78, 5) is 22.8. The highest BCUT2D eigenvalue weighted by Crippen LogP contribution is 2.31. The van der Waals surface area contributed by atoms with Crippen LogP contribution in [0.15, 0.2) is 34.4 Å². The fourth-order valence-electron chi connectivity index (χ4n) is 3.65. The highest BCUT2D eigenvalue weighted by Gasteiger charge is 2.23. The fraction of sp³-hybridized carbons (Fsp3) is 0.368. The van der Waals surface area contributed by atoms with Gasteiger partial charge in [0.15, 0.2) is 5.82 Å². The molecule has 0 amide bonds. The van der Waals surface area contributed by atoms with Crippen LogP contribution in [-0.4, -0.2) is 22.6 Å². The molecule has 0 spiro atoms. The van der Waals surface area contributed by atoms with Crippen LogP contribution in [0.1, 0.15) is 32.0 Å². The number of quaternary nitrogens is 1. The van der Waals surface area contributed by atoms with Crippen LogP contribution in [0.3, 0.4) is 0 Å². The number of benzene rings is 1. The number of fused-ring (bicyclic) bond motifs is 1. The molecule has 0 aliphatic carbocycles. The molecule has 3 aromatic rings. The summed E-state index contributed by atoms with van der Waals surface area (Å²) in [6, 6.07) is 8.20. The molecule has 130 valence electrons. The van der Waals surface area contributed by atoms with E-state index in [0.717, 1.165) is 34.9 Å². The van der Waals surface area contributed by atoms with Crippen molar-refractivity contribution in [3.8, 4) is 11.1 Å². The lowest BCUT2D eigenvalue weighted by atomic mass is 10.0. The van der Waals surface area contributed by atoms with E-state index in [2.05, 4.69) is 11.9 Å². The maximum Gasteiger partial charge on any atom is 0.260 e. The van der Waals surface area contributed by atoms with Crippen molar-refractivity contribution in [2.24, 2.45) is 0 Å². The summed E-state index contributed by atoms with van der Waals surface area (Å²) in [5.74, 6) is 0.797. The quantitative estimate of drug-likeness (QED) is 0.739. The van der Waals surface area contributed by atoms with Crippen LogP contribution in [0.25, 0.3) is 21.3 Å². The van der Waals surface area contributed by atoms with Gasteiger partial charge in [-0.1, -0.05) is 23.7 Å². The number of hydrogen-bond acceptors (Lipinski definition) is 3. The first-order valence-electron chi connectivity index (χ1n) is 8.73. The molecule has 1 unspecified atom stereocenters. The van der Waals surface area contributed by atoms with Gasteiger partial charge in [-0.25, -0.2) is 4.98 Å². The van der Waals surface area contributed by atoms with E-state index in [0.29, 0.717) is 16.5 Å². The molecular formula is C19H21ClN3OS+. The van der Waals surface area contributed by atoms with Crippen LogP contribution in [0.5, 0.6) is 0 Å². The molecule has 1 saturated heterocycles. The van der Waals surface area contributed by atoms with Crippen LogP contribution >= 0.6 is 22.9 Å². The molecule has 6 heteroatoms. The largest absolute Gasteiger partial charge is 0.326 e. The van der Waals surface area contributed by atoms with Crippen molar-refractivity contribution < 1.29 is 4.90 Å². The number of rotatable bonds is 3. The fourth-order valence-corrected chi connectivity index (χ4v) is 4.74. The van der Waals surface area contributed by atoms with Gasteiger partial charge >= 0.3 is 0 Å². The zero-order chi connectivity index (χ0) is 17.4. The van der Waals surface area contributed by atoms with Gasteiger partial charge in [-0.3, -0.25) is 4.79 Å². The maximum atomic E-state index is 12.7. The number of likely N-dealkylation sites (tertiary alicyclic amines) is 1. The van der Waals surface area contributed by atoms with Gasteiger partial charge in [-0.05, 0) is 43.9 Å². The van der Waals surface area contributed by atoms with Crippen LogP contribution in [0.2, 0.25) is 5.02 Å². The highest BCUT2D eigenvalue weighted by molar-refractivity contribution is 7.17. The minimum atomic E-state index is -0.0461. The molecule has 0 saturated carbocycles. The normalized spacial score (nSPS) is 20.9. The second-order valence-corrected chi connectivity index (χ2v) is 8.13. The van der Waals surface area contributed by atoms with E-state index < -0.39 is 0 Å². The lowest BCUT2D eigenvalue weighted by Gasteiger charge is -2.29. The molecule has 2 atom stereocenters. The molecule has 25 heavy (non-hydrogen) atoms. The van der Waals surface area contributed by atoms with E-state index in [4.69, 9.17) is 16.6 Å². The number of piperidine rings is 1. The number of hydrogen-bond donors (Lipinski definition) is 2. The van der Waals surface area contributed by atoms with Crippen LogP contribution in [0, 0.1) is 0 Å². The Labute approximate surface area is 155 Å². The Balaban J connectivity index is 1.69. The summed E-state index contributed by atoms with van der Waals surface area (Å²) in [5, 5.41) is 3.38. The van der Waals surface area contributed by atoms with E-state index in [1.54, 1.807) is 0 Å². The summed E-state index contributed by atoms with van der Waals surface area (Å²) >= 11 is 7.50. The summed E-state index contributed by atoms with van der Waals surface area (Å²) < 4.78 is 0. The Kier molecular flexibility index (Phi) is 4.63. The van der Waals surface area contributed by atoms with Gasteiger partial charge in [0.05, 0.1) is 18.0 Å². The van der Waals surface area contributed by atoms with E-state index in [1.165, 1.54) is 35.5 Å². The third-order valence-corrected chi connectivity index (χ3v) is 6.25. The molecular weight excluding hydrogens is 354 g/mol. The molecule has 1 fully saturated rings. The smallest absolute Gasteiger partial charge is 0.260 e. The first-order valence-corrected chi connectivity index (χ1v) is 9.98. The van der Waals surface area contributed by atoms with Crippen molar-refractivity contribution in [2.45, 2.75) is 38.8 Å². The van der Waals surface area contributed by atoms with Gasteiger partial charge in [-0.15, -0.1) is 11.3 Å². The molecule has 1 aliphatic rings. The molecule has 0 bridgehead atoms. The zero-order valence-electron chi connectivity index (χ0n) is 14.1. The SMILES string of the molecule is C[C@@H]1CCCC[NH+]1Cc1nc2scc(-c3ccc(Cl)cc3)c2c(=O)[nH]1. The molecule has 4 nitrogen and oxygen atoms in total. The van der Waals surface area contributed by atoms with Crippen molar-refractivity contribution in [3.05, 3.63) is 50.8 Å². The number of thiophene rings is 1. The average Bonchev–Trinajstić information content (AvgIpc) is 3.02. The van der Waals surface area contributed by atoms with Crippen molar-refractivity contribution in [2.75, 3.05) is 6.54 Å². The number of aromatic amines is 1. The van der Waals surface area contributed by atoms with Crippen molar-refractivity contribution in [1.82, 2.24) is 9.97 Å². The highest BCUT2D eigenvalue weighted by atomic mass is 35.5. The van der Waals surface area contributed by atoms with Gasteiger partial charge in [0.25, 0.3) is 5.56 Å². The van der Waals surface area contributed by atoms with Crippen molar-refractivity contribution in [1.29, 1.82) is 0 Å². The average molecular weight is 375 g/mol. The summed E-state index contributed by atoms with van der Waals surface area (Å²) in [5.41, 5.74) is 1.87. The Bertz CT molecular complexity index is 947. The van der Waals surface area contributed by atoms with Gasteiger partial charge < -0.3 is 9.88 Å². The zero-order valence-corrected chi connectivity index (χ0v) is 15.7. The number of nitrogens with one attached hydrogen (secondary N) is 2. The van der Waals surface area contributed by atoms with Crippen LogP contribution < -0.4 is 10.5 Å². The topological polar surface area (TPSA) is 50.2 Å². The minimum absolute atomic E-state index is 0.0461. The van der Waals surface area contributed by atoms with E-state index in [9.17, 15) is 4.79 Å². The Morgan fingerprint density at radius 1 is 1.32 bits per heavy atom. The van der Waals surface area contributed by atoms with Gasteiger partial charge in [0, 0.05) is 16.0 Å². The summed E-state index contributed by atoms with van der Waals surface area (Å²) in [6.45, 7) is 4.23. The Hall–Kier alpha value is -1.69. The first-order chi connectivity index (χ1) is 12.1. The molecule has 0 radical (unpaired) electrons. The van der Waals surface area contributed by atoms with E-state index in [-0.39, 0.29) is 5.56 Å². The second kappa shape index (κ2) is 6.90. The predicted molar refractivity (Wildman–Crippen MR) is 104 cm³/mol. The number of nitrogens with zero attached hydrogens (tertiary/aromatic N) is 1. The molecule has 1 aromatic carbocycles. The molecule has 2 N–H and O–H groups in total. The lowest BCUT2D eigenvalue weighted by Crippen LogP contribution is -3.15. The molecule has 4 rings (SSSR count). The number of aromatic nitrogens is 2. The summed E-state index contributed by atoms with van der Waals surface area (Å²) in [6.07, 6.45) is 3.82. The van der Waals surface area contributed by atoms with Gasteiger partial charge in [0.1, 0.15) is 11.4 Å². The standard InChI is InChI=1S/C19H20ClN3OS/c1-12-4-2-3-9-23(12)10-16-21-18(24)17-15(11-25-19(17)22-16)13-5-7-14(20)8-6-13/h5-8,11-12H,2-4,9-10H2,1H3,(H,21,22,24)/p+1/t12-/m1/s1. The Morgan fingerprint density at radius 3 is 2.88 bits per heavy atom. The number of H-pyrrole nitrogens is 1. The van der Waals surface area contributed by atoms with E-state index in [1.807, 2.05) is 29.6 Å². The number of halogens is 1. The molecule has 3 heterocycles. The van der Waals surface area contributed by atoms with Gasteiger partial charge in [0.2, 0.25) is 0 Å². The molecule has 2 aromatic heterocycles. The maximum absolute atomic E-state index is 12.7. The monoisotopic (exact) mass is 374 g/mol. The predicted octanol–water partition coefficient (Wildman–Crippen LogP) is 3.26. The lowest BCUT2D eigenvalue weighted by molar-refractivity contribution is -0.942. The Morgan fingerprint density at radius 2 is 2.12 bits per heavy atom. The van der Waals surface area contributed by atoms with Crippen LogP contribution in [0.4, 0.5) is 0 Å².